The molecule has 1 aromatic carbocycles. The maximum atomic E-state index is 13.2. The molecular formula is C15H18BrFO2. The zero-order chi connectivity index (χ0) is 14.0. The van der Waals surface area contributed by atoms with E-state index in [1.54, 1.807) is 12.1 Å². The monoisotopic (exact) mass is 328 g/mol. The lowest BCUT2D eigenvalue weighted by Crippen LogP contribution is -2.37. The normalized spacial score (nSPS) is 27.2. The molecule has 0 amide bonds. The highest BCUT2D eigenvalue weighted by Gasteiger charge is 2.41. The lowest BCUT2D eigenvalue weighted by molar-refractivity contribution is -0.152. The zero-order valence-electron chi connectivity index (χ0n) is 11.0. The SMILES string of the molecule is CC1CCCC(Cc2ccc(F)c(Br)c2)(C(=O)O)C1. The van der Waals surface area contributed by atoms with Crippen molar-refractivity contribution in [1.29, 1.82) is 0 Å². The molecule has 1 N–H and O–H groups in total. The number of rotatable bonds is 3. The van der Waals surface area contributed by atoms with Crippen molar-refractivity contribution in [3.05, 3.63) is 34.1 Å². The average Bonchev–Trinajstić information content (AvgIpc) is 2.34. The summed E-state index contributed by atoms with van der Waals surface area (Å²) >= 11 is 3.15. The van der Waals surface area contributed by atoms with E-state index in [0.29, 0.717) is 29.7 Å². The number of carboxylic acid groups (broad SMARTS) is 1. The predicted octanol–water partition coefficient (Wildman–Crippen LogP) is 4.41. The smallest absolute Gasteiger partial charge is 0.309 e. The van der Waals surface area contributed by atoms with E-state index in [1.807, 2.05) is 0 Å². The van der Waals surface area contributed by atoms with Gasteiger partial charge < -0.3 is 5.11 Å². The molecule has 104 valence electrons. The molecule has 0 radical (unpaired) electrons. The summed E-state index contributed by atoms with van der Waals surface area (Å²) in [5.41, 5.74) is 0.194. The highest BCUT2D eigenvalue weighted by Crippen LogP contribution is 2.42. The summed E-state index contributed by atoms with van der Waals surface area (Å²) in [7, 11) is 0. The van der Waals surface area contributed by atoms with Crippen molar-refractivity contribution in [3.63, 3.8) is 0 Å². The molecule has 2 unspecified atom stereocenters. The van der Waals surface area contributed by atoms with E-state index < -0.39 is 11.4 Å². The first-order chi connectivity index (χ1) is 8.93. The number of carbonyl (C=O) groups is 1. The van der Waals surface area contributed by atoms with Gasteiger partial charge in [-0.1, -0.05) is 25.8 Å². The summed E-state index contributed by atoms with van der Waals surface area (Å²) in [5, 5.41) is 9.61. The Bertz CT molecular complexity index is 489. The van der Waals surface area contributed by atoms with Gasteiger partial charge >= 0.3 is 5.97 Å². The lowest BCUT2D eigenvalue weighted by Gasteiger charge is -2.36. The van der Waals surface area contributed by atoms with Crippen LogP contribution in [0, 0.1) is 17.2 Å². The molecule has 4 heteroatoms. The summed E-state index contributed by atoms with van der Waals surface area (Å²) in [6, 6.07) is 4.77. The molecule has 2 nitrogen and oxygen atoms in total. The van der Waals surface area contributed by atoms with E-state index in [4.69, 9.17) is 0 Å². The van der Waals surface area contributed by atoms with Crippen LogP contribution >= 0.6 is 15.9 Å². The van der Waals surface area contributed by atoms with E-state index >= 15 is 0 Å². The third-order valence-electron chi connectivity index (χ3n) is 4.07. The summed E-state index contributed by atoms with van der Waals surface area (Å²) in [4.78, 5) is 11.7. The molecule has 0 saturated heterocycles. The van der Waals surface area contributed by atoms with Crippen LogP contribution in [-0.2, 0) is 11.2 Å². The Morgan fingerprint density at radius 2 is 2.32 bits per heavy atom. The van der Waals surface area contributed by atoms with E-state index in [0.717, 1.165) is 18.4 Å². The summed E-state index contributed by atoms with van der Waals surface area (Å²) < 4.78 is 13.6. The van der Waals surface area contributed by atoms with Crippen molar-refractivity contribution in [2.24, 2.45) is 11.3 Å². The fourth-order valence-electron chi connectivity index (χ4n) is 3.13. The summed E-state index contributed by atoms with van der Waals surface area (Å²) in [6.07, 6.45) is 3.95. The molecular weight excluding hydrogens is 311 g/mol. The Kier molecular flexibility index (Phi) is 4.29. The minimum Gasteiger partial charge on any atom is -0.481 e. The van der Waals surface area contributed by atoms with Crippen molar-refractivity contribution in [1.82, 2.24) is 0 Å². The molecule has 1 fully saturated rings. The Balaban J connectivity index is 2.25. The van der Waals surface area contributed by atoms with Gasteiger partial charge in [0, 0.05) is 0 Å². The van der Waals surface area contributed by atoms with Crippen molar-refractivity contribution >= 4 is 21.9 Å². The largest absolute Gasteiger partial charge is 0.481 e. The van der Waals surface area contributed by atoms with E-state index in [2.05, 4.69) is 22.9 Å². The van der Waals surface area contributed by atoms with Gasteiger partial charge in [0.15, 0.2) is 0 Å². The van der Waals surface area contributed by atoms with Gasteiger partial charge in [-0.05, 0) is 58.8 Å². The number of hydrogen-bond donors (Lipinski definition) is 1. The third kappa shape index (κ3) is 3.16. The Morgan fingerprint density at radius 1 is 1.58 bits per heavy atom. The van der Waals surface area contributed by atoms with Crippen LogP contribution in [-0.4, -0.2) is 11.1 Å². The third-order valence-corrected chi connectivity index (χ3v) is 4.68. The molecule has 0 aromatic heterocycles. The van der Waals surface area contributed by atoms with Crippen molar-refractivity contribution in [2.75, 3.05) is 0 Å². The fourth-order valence-corrected chi connectivity index (χ4v) is 3.56. The van der Waals surface area contributed by atoms with Crippen LogP contribution in [0.2, 0.25) is 0 Å². The van der Waals surface area contributed by atoms with E-state index in [1.165, 1.54) is 6.07 Å². The molecule has 1 aromatic rings. The van der Waals surface area contributed by atoms with Crippen molar-refractivity contribution in [2.45, 2.75) is 39.0 Å². The van der Waals surface area contributed by atoms with Gasteiger partial charge in [0.2, 0.25) is 0 Å². The first-order valence-corrected chi connectivity index (χ1v) is 7.39. The highest BCUT2D eigenvalue weighted by atomic mass is 79.9. The zero-order valence-corrected chi connectivity index (χ0v) is 12.5. The second-order valence-electron chi connectivity index (χ2n) is 5.71. The van der Waals surface area contributed by atoms with Crippen LogP contribution in [0.15, 0.2) is 22.7 Å². The second kappa shape index (κ2) is 5.61. The van der Waals surface area contributed by atoms with Crippen molar-refractivity contribution in [3.8, 4) is 0 Å². The maximum Gasteiger partial charge on any atom is 0.309 e. The number of aliphatic carboxylic acids is 1. The van der Waals surface area contributed by atoms with Gasteiger partial charge in [0.05, 0.1) is 9.89 Å². The van der Waals surface area contributed by atoms with Crippen LogP contribution in [0.5, 0.6) is 0 Å². The molecule has 2 rings (SSSR count). The van der Waals surface area contributed by atoms with Gasteiger partial charge in [0.25, 0.3) is 0 Å². The van der Waals surface area contributed by atoms with Crippen LogP contribution < -0.4 is 0 Å². The first kappa shape index (κ1) is 14.5. The standard InChI is InChI=1S/C15H18BrFO2/c1-10-3-2-6-15(8-10,14(18)19)9-11-4-5-13(17)12(16)7-11/h4-5,7,10H,2-3,6,8-9H2,1H3,(H,18,19). The maximum absolute atomic E-state index is 13.2. The van der Waals surface area contributed by atoms with Gasteiger partial charge in [-0.3, -0.25) is 4.79 Å². The predicted molar refractivity (Wildman–Crippen MR) is 75.5 cm³/mol. The number of hydrogen-bond acceptors (Lipinski definition) is 1. The highest BCUT2D eigenvalue weighted by molar-refractivity contribution is 9.10. The molecule has 1 aliphatic rings. The molecule has 2 atom stereocenters. The van der Waals surface area contributed by atoms with Crippen molar-refractivity contribution < 1.29 is 14.3 Å². The van der Waals surface area contributed by atoms with Gasteiger partial charge in [-0.15, -0.1) is 0 Å². The fraction of sp³-hybridized carbons (Fsp3) is 0.533. The summed E-state index contributed by atoms with van der Waals surface area (Å²) in [6.45, 7) is 2.11. The topological polar surface area (TPSA) is 37.3 Å². The first-order valence-electron chi connectivity index (χ1n) is 6.60. The quantitative estimate of drug-likeness (QED) is 0.892. The molecule has 0 heterocycles. The van der Waals surface area contributed by atoms with Crippen LogP contribution in [0.1, 0.15) is 38.2 Å². The molecule has 19 heavy (non-hydrogen) atoms. The minimum atomic E-state index is -0.723. The molecule has 0 bridgehead atoms. The van der Waals surface area contributed by atoms with Gasteiger partial charge in [-0.2, -0.15) is 0 Å². The number of halogens is 2. The number of carboxylic acids is 1. The van der Waals surface area contributed by atoms with Gasteiger partial charge in [-0.25, -0.2) is 4.39 Å². The molecule has 0 spiro atoms. The Morgan fingerprint density at radius 3 is 2.89 bits per heavy atom. The lowest BCUT2D eigenvalue weighted by atomic mass is 9.67. The second-order valence-corrected chi connectivity index (χ2v) is 6.57. The Labute approximate surface area is 121 Å². The van der Waals surface area contributed by atoms with Crippen LogP contribution in [0.25, 0.3) is 0 Å². The van der Waals surface area contributed by atoms with Gasteiger partial charge in [0.1, 0.15) is 5.82 Å². The molecule has 1 saturated carbocycles. The minimum absolute atomic E-state index is 0.315. The number of benzene rings is 1. The molecule has 0 aliphatic heterocycles. The van der Waals surface area contributed by atoms with Crippen LogP contribution in [0.3, 0.4) is 0 Å². The van der Waals surface area contributed by atoms with Crippen LogP contribution in [0.4, 0.5) is 4.39 Å². The Hall–Kier alpha value is -0.900. The molecule has 1 aliphatic carbocycles. The van der Waals surface area contributed by atoms with E-state index in [9.17, 15) is 14.3 Å². The van der Waals surface area contributed by atoms with E-state index in [-0.39, 0.29) is 5.82 Å². The summed E-state index contributed by atoms with van der Waals surface area (Å²) in [5.74, 6) is -0.599. The average molecular weight is 329 g/mol.